The van der Waals surface area contributed by atoms with E-state index in [2.05, 4.69) is 46.4 Å². The van der Waals surface area contributed by atoms with Crippen LogP contribution in [0.3, 0.4) is 0 Å². The summed E-state index contributed by atoms with van der Waals surface area (Å²) in [7, 11) is 1.81. The van der Waals surface area contributed by atoms with Crippen molar-refractivity contribution >= 4 is 17.4 Å². The number of nitrogens with one attached hydrogen (secondary N) is 1. The standard InChI is InChI=1S/C19H26N4OS/c1-15-5-3-4-6-17(15)11-23-8-7-16(10-23)9-20-19(24)22(2)12-18-13-25-14-21-18/h3-6,13-14,16H,7-12H2,1-2H3,(H,20,24)/t16-/m1/s1. The first kappa shape index (κ1) is 17.9. The second kappa shape index (κ2) is 8.45. The summed E-state index contributed by atoms with van der Waals surface area (Å²) in [5, 5.41) is 5.04. The van der Waals surface area contributed by atoms with E-state index in [4.69, 9.17) is 0 Å². The molecule has 0 unspecified atom stereocenters. The molecule has 0 saturated carbocycles. The van der Waals surface area contributed by atoms with Gasteiger partial charge in [0.1, 0.15) is 0 Å². The molecule has 2 amide bonds. The monoisotopic (exact) mass is 358 g/mol. The Kier molecular flexibility index (Phi) is 6.04. The lowest BCUT2D eigenvalue weighted by Gasteiger charge is -2.20. The zero-order chi connectivity index (χ0) is 17.6. The molecular weight excluding hydrogens is 332 g/mol. The summed E-state index contributed by atoms with van der Waals surface area (Å²) in [5.74, 6) is 0.528. The Morgan fingerprint density at radius 2 is 2.28 bits per heavy atom. The number of aryl methyl sites for hydroxylation is 1. The van der Waals surface area contributed by atoms with Crippen LogP contribution in [0.1, 0.15) is 23.2 Å². The van der Waals surface area contributed by atoms with Gasteiger partial charge in [-0.25, -0.2) is 9.78 Å². The van der Waals surface area contributed by atoms with Crippen LogP contribution in [0.25, 0.3) is 0 Å². The van der Waals surface area contributed by atoms with Crippen molar-refractivity contribution in [3.05, 3.63) is 52.0 Å². The Bertz CT molecular complexity index is 688. The SMILES string of the molecule is Cc1ccccc1CN1CC[C@H](CNC(=O)N(C)Cc2cscn2)C1. The van der Waals surface area contributed by atoms with E-state index in [1.165, 1.54) is 11.1 Å². The third-order valence-electron chi connectivity index (χ3n) is 4.80. The molecular formula is C19H26N4OS. The highest BCUT2D eigenvalue weighted by atomic mass is 32.1. The third kappa shape index (κ3) is 5.03. The number of aromatic nitrogens is 1. The smallest absolute Gasteiger partial charge is 0.317 e. The van der Waals surface area contributed by atoms with Gasteiger partial charge in [0.05, 0.1) is 17.7 Å². The highest BCUT2D eigenvalue weighted by Crippen LogP contribution is 2.19. The summed E-state index contributed by atoms with van der Waals surface area (Å²) >= 11 is 1.55. The van der Waals surface area contributed by atoms with Crippen LogP contribution in [0.2, 0.25) is 0 Å². The molecule has 1 aromatic heterocycles. The van der Waals surface area contributed by atoms with Gasteiger partial charge < -0.3 is 10.2 Å². The minimum absolute atomic E-state index is 0.0228. The van der Waals surface area contributed by atoms with Crippen molar-refractivity contribution in [1.29, 1.82) is 0 Å². The number of benzene rings is 1. The molecule has 6 heteroatoms. The summed E-state index contributed by atoms with van der Waals surface area (Å²) in [6, 6.07) is 8.54. The lowest BCUT2D eigenvalue weighted by atomic mass is 10.1. The van der Waals surface area contributed by atoms with E-state index in [1.807, 2.05) is 12.4 Å². The molecule has 0 aliphatic carbocycles. The fourth-order valence-electron chi connectivity index (χ4n) is 3.25. The minimum Gasteiger partial charge on any atom is -0.338 e. The van der Waals surface area contributed by atoms with E-state index in [1.54, 1.807) is 21.7 Å². The van der Waals surface area contributed by atoms with Gasteiger partial charge in [-0.1, -0.05) is 24.3 Å². The predicted octanol–water partition coefficient (Wildman–Crippen LogP) is 3.12. The number of urea groups is 1. The molecule has 1 aliphatic heterocycles. The van der Waals surface area contributed by atoms with Crippen LogP contribution in [0.15, 0.2) is 35.2 Å². The molecule has 1 atom stereocenters. The number of carbonyl (C=O) groups excluding carboxylic acids is 1. The maximum Gasteiger partial charge on any atom is 0.317 e. The number of rotatable bonds is 6. The van der Waals surface area contributed by atoms with Gasteiger partial charge in [-0.05, 0) is 36.9 Å². The molecule has 1 fully saturated rings. The van der Waals surface area contributed by atoms with Gasteiger partial charge in [0, 0.05) is 32.1 Å². The maximum atomic E-state index is 12.2. The van der Waals surface area contributed by atoms with Crippen LogP contribution in [-0.4, -0.2) is 47.5 Å². The molecule has 1 aromatic carbocycles. The van der Waals surface area contributed by atoms with Crippen LogP contribution < -0.4 is 5.32 Å². The molecule has 0 radical (unpaired) electrons. The first-order chi connectivity index (χ1) is 12.1. The van der Waals surface area contributed by atoms with E-state index in [-0.39, 0.29) is 6.03 Å². The van der Waals surface area contributed by atoms with Crippen molar-refractivity contribution in [2.75, 3.05) is 26.7 Å². The Balaban J connectivity index is 1.41. The molecule has 0 bridgehead atoms. The highest BCUT2D eigenvalue weighted by Gasteiger charge is 2.23. The molecule has 1 saturated heterocycles. The van der Waals surface area contributed by atoms with Crippen molar-refractivity contribution in [3.63, 3.8) is 0 Å². The van der Waals surface area contributed by atoms with Gasteiger partial charge in [0.15, 0.2) is 0 Å². The van der Waals surface area contributed by atoms with Crippen molar-refractivity contribution in [2.24, 2.45) is 5.92 Å². The molecule has 1 aliphatic rings. The number of hydrogen-bond acceptors (Lipinski definition) is 4. The van der Waals surface area contributed by atoms with E-state index >= 15 is 0 Å². The fourth-order valence-corrected chi connectivity index (χ4v) is 3.80. The first-order valence-electron chi connectivity index (χ1n) is 8.74. The average molecular weight is 359 g/mol. The highest BCUT2D eigenvalue weighted by molar-refractivity contribution is 7.07. The number of amides is 2. The normalized spacial score (nSPS) is 17.6. The fraction of sp³-hybridized carbons (Fsp3) is 0.474. The molecule has 2 heterocycles. The zero-order valence-corrected chi connectivity index (χ0v) is 15.8. The minimum atomic E-state index is -0.0228. The summed E-state index contributed by atoms with van der Waals surface area (Å²) in [6.07, 6.45) is 1.14. The Hall–Kier alpha value is -1.92. The lowest BCUT2D eigenvalue weighted by Crippen LogP contribution is -2.39. The van der Waals surface area contributed by atoms with Gasteiger partial charge >= 0.3 is 6.03 Å². The van der Waals surface area contributed by atoms with E-state index in [0.29, 0.717) is 12.5 Å². The molecule has 1 N–H and O–H groups in total. The van der Waals surface area contributed by atoms with Gasteiger partial charge in [0.25, 0.3) is 0 Å². The van der Waals surface area contributed by atoms with Crippen LogP contribution in [0.4, 0.5) is 4.79 Å². The molecule has 3 rings (SSSR count). The summed E-state index contributed by atoms with van der Waals surface area (Å²) in [6.45, 7) is 6.61. The first-order valence-corrected chi connectivity index (χ1v) is 9.69. The van der Waals surface area contributed by atoms with Crippen LogP contribution in [0, 0.1) is 12.8 Å². The molecule has 0 spiro atoms. The number of likely N-dealkylation sites (tertiary alicyclic amines) is 1. The van der Waals surface area contributed by atoms with Gasteiger partial charge in [-0.3, -0.25) is 4.90 Å². The third-order valence-corrected chi connectivity index (χ3v) is 5.43. The van der Waals surface area contributed by atoms with Crippen molar-refractivity contribution in [2.45, 2.75) is 26.4 Å². The van der Waals surface area contributed by atoms with Crippen molar-refractivity contribution < 1.29 is 4.79 Å². The predicted molar refractivity (Wildman–Crippen MR) is 102 cm³/mol. The second-order valence-electron chi connectivity index (χ2n) is 6.84. The maximum absolute atomic E-state index is 12.2. The van der Waals surface area contributed by atoms with Crippen molar-refractivity contribution in [1.82, 2.24) is 20.1 Å². The Labute approximate surface area is 153 Å². The lowest BCUT2D eigenvalue weighted by molar-refractivity contribution is 0.204. The van der Waals surface area contributed by atoms with Gasteiger partial charge in [-0.15, -0.1) is 11.3 Å². The summed E-state index contributed by atoms with van der Waals surface area (Å²) in [5.41, 5.74) is 5.48. The van der Waals surface area contributed by atoms with Crippen LogP contribution in [-0.2, 0) is 13.1 Å². The van der Waals surface area contributed by atoms with E-state index in [9.17, 15) is 4.79 Å². The van der Waals surface area contributed by atoms with Crippen LogP contribution >= 0.6 is 11.3 Å². The number of hydrogen-bond donors (Lipinski definition) is 1. The number of thiazole rings is 1. The summed E-state index contributed by atoms with van der Waals surface area (Å²) < 4.78 is 0. The molecule has 5 nitrogen and oxygen atoms in total. The summed E-state index contributed by atoms with van der Waals surface area (Å²) in [4.78, 5) is 20.6. The van der Waals surface area contributed by atoms with E-state index in [0.717, 1.165) is 38.3 Å². The van der Waals surface area contributed by atoms with Crippen LogP contribution in [0.5, 0.6) is 0 Å². The Morgan fingerprint density at radius 1 is 1.44 bits per heavy atom. The molecule has 2 aromatic rings. The Morgan fingerprint density at radius 3 is 3.04 bits per heavy atom. The largest absolute Gasteiger partial charge is 0.338 e. The van der Waals surface area contributed by atoms with Crippen molar-refractivity contribution in [3.8, 4) is 0 Å². The molecule has 25 heavy (non-hydrogen) atoms. The average Bonchev–Trinajstić information content (AvgIpc) is 3.26. The number of carbonyl (C=O) groups is 1. The zero-order valence-electron chi connectivity index (χ0n) is 14.9. The molecule has 134 valence electrons. The second-order valence-corrected chi connectivity index (χ2v) is 7.56. The van der Waals surface area contributed by atoms with E-state index < -0.39 is 0 Å². The van der Waals surface area contributed by atoms with Gasteiger partial charge in [-0.2, -0.15) is 0 Å². The quantitative estimate of drug-likeness (QED) is 0.863. The number of nitrogens with zero attached hydrogens (tertiary/aromatic N) is 3. The van der Waals surface area contributed by atoms with Gasteiger partial charge in [0.2, 0.25) is 0 Å². The topological polar surface area (TPSA) is 48.5 Å².